The maximum Gasteiger partial charge on any atom is 0.146 e. The first-order valence-corrected chi connectivity index (χ1v) is 6.77. The number of fused-ring (bicyclic) bond motifs is 1. The summed E-state index contributed by atoms with van der Waals surface area (Å²) in [5.41, 5.74) is 7.52. The molecule has 0 radical (unpaired) electrons. The van der Waals surface area contributed by atoms with E-state index in [1.165, 1.54) is 0 Å². The fourth-order valence-electron chi connectivity index (χ4n) is 2.17. The SMILES string of the molecule is COc1cccc(OCc2cc3ccc(CN)cc3o2)c1. The average molecular weight is 283 g/mol. The van der Waals surface area contributed by atoms with Crippen molar-refractivity contribution in [3.8, 4) is 11.5 Å². The molecule has 2 N–H and O–H groups in total. The molecule has 0 aliphatic rings. The smallest absolute Gasteiger partial charge is 0.146 e. The first-order chi connectivity index (χ1) is 10.3. The zero-order chi connectivity index (χ0) is 14.7. The molecular formula is C17H17NO3. The number of hydrogen-bond acceptors (Lipinski definition) is 4. The number of ether oxygens (including phenoxy) is 2. The standard InChI is InChI=1S/C17H17NO3/c1-19-14-3-2-4-15(9-14)20-11-16-8-13-6-5-12(10-18)7-17(13)21-16/h2-9H,10-11,18H2,1H3. The number of rotatable bonds is 5. The van der Waals surface area contributed by atoms with Gasteiger partial charge in [0.2, 0.25) is 0 Å². The summed E-state index contributed by atoms with van der Waals surface area (Å²) in [6.07, 6.45) is 0. The molecule has 0 aliphatic carbocycles. The Morgan fingerprint density at radius 1 is 1.05 bits per heavy atom. The monoisotopic (exact) mass is 283 g/mol. The van der Waals surface area contributed by atoms with Crippen LogP contribution in [0.4, 0.5) is 0 Å². The van der Waals surface area contributed by atoms with E-state index >= 15 is 0 Å². The van der Waals surface area contributed by atoms with Gasteiger partial charge < -0.3 is 19.6 Å². The molecule has 0 saturated carbocycles. The van der Waals surface area contributed by atoms with Gasteiger partial charge >= 0.3 is 0 Å². The lowest BCUT2D eigenvalue weighted by molar-refractivity contribution is 0.273. The van der Waals surface area contributed by atoms with Crippen LogP contribution < -0.4 is 15.2 Å². The highest BCUT2D eigenvalue weighted by Crippen LogP contribution is 2.23. The minimum atomic E-state index is 0.375. The zero-order valence-corrected chi connectivity index (χ0v) is 11.8. The molecule has 0 bridgehead atoms. The van der Waals surface area contributed by atoms with Gasteiger partial charge in [-0.1, -0.05) is 18.2 Å². The highest BCUT2D eigenvalue weighted by atomic mass is 16.5. The Morgan fingerprint density at radius 2 is 1.90 bits per heavy atom. The van der Waals surface area contributed by atoms with Crippen LogP contribution in [0.25, 0.3) is 11.0 Å². The molecular weight excluding hydrogens is 266 g/mol. The second-order valence-corrected chi connectivity index (χ2v) is 4.76. The average Bonchev–Trinajstić information content (AvgIpc) is 2.95. The summed E-state index contributed by atoms with van der Waals surface area (Å²) in [4.78, 5) is 0. The largest absolute Gasteiger partial charge is 0.497 e. The lowest BCUT2D eigenvalue weighted by atomic mass is 10.2. The lowest BCUT2D eigenvalue weighted by Gasteiger charge is -2.05. The third-order valence-corrected chi connectivity index (χ3v) is 3.29. The van der Waals surface area contributed by atoms with Crippen molar-refractivity contribution < 1.29 is 13.9 Å². The van der Waals surface area contributed by atoms with Crippen molar-refractivity contribution >= 4 is 11.0 Å². The summed E-state index contributed by atoms with van der Waals surface area (Å²) < 4.78 is 16.7. The highest BCUT2D eigenvalue weighted by molar-refractivity contribution is 5.78. The van der Waals surface area contributed by atoms with Crippen LogP contribution in [0.5, 0.6) is 11.5 Å². The molecule has 0 unspecified atom stereocenters. The molecule has 108 valence electrons. The van der Waals surface area contributed by atoms with Crippen LogP contribution in [0.1, 0.15) is 11.3 Å². The quantitative estimate of drug-likeness (QED) is 0.779. The molecule has 3 rings (SSSR count). The third kappa shape index (κ3) is 3.01. The minimum Gasteiger partial charge on any atom is -0.497 e. The number of benzene rings is 2. The van der Waals surface area contributed by atoms with E-state index in [-0.39, 0.29) is 0 Å². The van der Waals surface area contributed by atoms with Crippen molar-refractivity contribution in [2.24, 2.45) is 5.73 Å². The van der Waals surface area contributed by atoms with E-state index in [1.54, 1.807) is 7.11 Å². The van der Waals surface area contributed by atoms with Gasteiger partial charge in [0.15, 0.2) is 0 Å². The number of methoxy groups -OCH3 is 1. The van der Waals surface area contributed by atoms with Crippen molar-refractivity contribution in [1.29, 1.82) is 0 Å². The number of nitrogens with two attached hydrogens (primary N) is 1. The van der Waals surface area contributed by atoms with Gasteiger partial charge in [-0.15, -0.1) is 0 Å². The van der Waals surface area contributed by atoms with E-state index in [0.29, 0.717) is 13.2 Å². The van der Waals surface area contributed by atoms with E-state index in [0.717, 1.165) is 33.8 Å². The van der Waals surface area contributed by atoms with Crippen LogP contribution >= 0.6 is 0 Å². The maximum atomic E-state index is 5.78. The first kappa shape index (κ1) is 13.5. The van der Waals surface area contributed by atoms with Gasteiger partial charge in [-0.3, -0.25) is 0 Å². The van der Waals surface area contributed by atoms with Gasteiger partial charge in [-0.05, 0) is 29.8 Å². The van der Waals surface area contributed by atoms with Crippen LogP contribution in [0.15, 0.2) is 52.9 Å². The van der Waals surface area contributed by atoms with E-state index in [2.05, 4.69) is 0 Å². The van der Waals surface area contributed by atoms with Crippen molar-refractivity contribution in [1.82, 2.24) is 0 Å². The van der Waals surface area contributed by atoms with Gasteiger partial charge in [0.25, 0.3) is 0 Å². The summed E-state index contributed by atoms with van der Waals surface area (Å²) in [7, 11) is 1.63. The molecule has 0 spiro atoms. The fourth-order valence-corrected chi connectivity index (χ4v) is 2.17. The number of furan rings is 1. The topological polar surface area (TPSA) is 57.6 Å². The molecule has 4 nitrogen and oxygen atoms in total. The van der Waals surface area contributed by atoms with Gasteiger partial charge in [0.05, 0.1) is 7.11 Å². The predicted octanol–water partition coefficient (Wildman–Crippen LogP) is 3.48. The van der Waals surface area contributed by atoms with Crippen LogP contribution in [-0.2, 0) is 13.2 Å². The Bertz CT molecular complexity index is 749. The Labute approximate surface area is 123 Å². The second-order valence-electron chi connectivity index (χ2n) is 4.76. The molecule has 3 aromatic rings. The van der Waals surface area contributed by atoms with Gasteiger partial charge in [-0.2, -0.15) is 0 Å². The maximum absolute atomic E-state index is 5.78. The summed E-state index contributed by atoms with van der Waals surface area (Å²) in [6.45, 7) is 0.881. The molecule has 2 aromatic carbocycles. The molecule has 1 aromatic heterocycles. The van der Waals surface area contributed by atoms with Crippen LogP contribution in [0, 0.1) is 0 Å². The van der Waals surface area contributed by atoms with Crippen LogP contribution in [0.2, 0.25) is 0 Å². The van der Waals surface area contributed by atoms with E-state index < -0.39 is 0 Å². The molecule has 0 saturated heterocycles. The van der Waals surface area contributed by atoms with Crippen LogP contribution in [0.3, 0.4) is 0 Å². The fraction of sp³-hybridized carbons (Fsp3) is 0.176. The molecule has 1 heterocycles. The van der Waals surface area contributed by atoms with Gasteiger partial charge in [0, 0.05) is 18.0 Å². The molecule has 0 fully saturated rings. The van der Waals surface area contributed by atoms with Crippen LogP contribution in [-0.4, -0.2) is 7.11 Å². The van der Waals surface area contributed by atoms with Crippen molar-refractivity contribution in [2.45, 2.75) is 13.2 Å². The molecule has 21 heavy (non-hydrogen) atoms. The van der Waals surface area contributed by atoms with E-state index in [1.807, 2.05) is 48.5 Å². The molecule has 4 heteroatoms. The summed E-state index contributed by atoms with van der Waals surface area (Å²) in [5.74, 6) is 2.30. The highest BCUT2D eigenvalue weighted by Gasteiger charge is 2.06. The van der Waals surface area contributed by atoms with E-state index in [9.17, 15) is 0 Å². The third-order valence-electron chi connectivity index (χ3n) is 3.29. The zero-order valence-electron chi connectivity index (χ0n) is 11.8. The molecule has 0 atom stereocenters. The Hall–Kier alpha value is -2.46. The Morgan fingerprint density at radius 3 is 2.71 bits per heavy atom. The van der Waals surface area contributed by atoms with Crippen molar-refractivity contribution in [2.75, 3.05) is 7.11 Å². The summed E-state index contributed by atoms with van der Waals surface area (Å²) in [6, 6.07) is 15.5. The van der Waals surface area contributed by atoms with Crippen molar-refractivity contribution in [3.63, 3.8) is 0 Å². The summed E-state index contributed by atoms with van der Waals surface area (Å²) >= 11 is 0. The molecule has 0 amide bonds. The molecule has 0 aliphatic heterocycles. The predicted molar refractivity (Wildman–Crippen MR) is 81.4 cm³/mol. The Balaban J connectivity index is 1.75. The minimum absolute atomic E-state index is 0.375. The van der Waals surface area contributed by atoms with Crippen molar-refractivity contribution in [3.05, 3.63) is 59.9 Å². The number of hydrogen-bond donors (Lipinski definition) is 1. The normalized spacial score (nSPS) is 10.8. The Kier molecular flexibility index (Phi) is 3.79. The van der Waals surface area contributed by atoms with Gasteiger partial charge in [0.1, 0.15) is 29.4 Å². The first-order valence-electron chi connectivity index (χ1n) is 6.77. The van der Waals surface area contributed by atoms with E-state index in [4.69, 9.17) is 19.6 Å². The lowest BCUT2D eigenvalue weighted by Crippen LogP contribution is -1.94. The summed E-state index contributed by atoms with van der Waals surface area (Å²) in [5, 5.41) is 1.05. The van der Waals surface area contributed by atoms with Gasteiger partial charge in [-0.25, -0.2) is 0 Å². The second kappa shape index (κ2) is 5.89.